The van der Waals surface area contributed by atoms with Gasteiger partial charge in [-0.05, 0) is 54.3 Å². The SMILES string of the molecule is CCSc1nnc(-c2ccc(F)cc2)n1-c1ccc(S(C)(=O)=O)cc1. The highest BCUT2D eigenvalue weighted by atomic mass is 32.2. The highest BCUT2D eigenvalue weighted by molar-refractivity contribution is 7.99. The van der Waals surface area contributed by atoms with E-state index >= 15 is 0 Å². The van der Waals surface area contributed by atoms with Gasteiger partial charge >= 0.3 is 0 Å². The van der Waals surface area contributed by atoms with E-state index in [0.29, 0.717) is 11.0 Å². The fourth-order valence-corrected chi connectivity index (χ4v) is 3.66. The van der Waals surface area contributed by atoms with Crippen LogP contribution in [0.1, 0.15) is 6.92 Å². The molecule has 0 aliphatic carbocycles. The van der Waals surface area contributed by atoms with Crippen LogP contribution in [0, 0.1) is 5.82 Å². The van der Waals surface area contributed by atoms with Crippen molar-refractivity contribution in [3.63, 3.8) is 0 Å². The molecule has 0 aliphatic heterocycles. The summed E-state index contributed by atoms with van der Waals surface area (Å²) in [6, 6.07) is 12.6. The Morgan fingerprint density at radius 2 is 1.68 bits per heavy atom. The monoisotopic (exact) mass is 377 g/mol. The van der Waals surface area contributed by atoms with E-state index in [0.717, 1.165) is 17.0 Å². The van der Waals surface area contributed by atoms with Gasteiger partial charge in [0.1, 0.15) is 5.82 Å². The Labute approximate surface area is 149 Å². The number of hydrogen-bond donors (Lipinski definition) is 0. The van der Waals surface area contributed by atoms with Gasteiger partial charge in [-0.2, -0.15) is 0 Å². The summed E-state index contributed by atoms with van der Waals surface area (Å²) in [6.07, 6.45) is 1.17. The van der Waals surface area contributed by atoms with Gasteiger partial charge in [-0.25, -0.2) is 12.8 Å². The van der Waals surface area contributed by atoms with Gasteiger partial charge in [0.05, 0.1) is 4.90 Å². The first kappa shape index (κ1) is 17.6. The van der Waals surface area contributed by atoms with E-state index < -0.39 is 9.84 Å². The Morgan fingerprint density at radius 3 is 2.24 bits per heavy atom. The molecule has 0 unspecified atom stereocenters. The molecule has 0 radical (unpaired) electrons. The summed E-state index contributed by atoms with van der Waals surface area (Å²) >= 11 is 1.52. The maximum atomic E-state index is 13.2. The minimum absolute atomic E-state index is 0.248. The first-order valence-electron chi connectivity index (χ1n) is 7.55. The number of halogens is 1. The molecule has 5 nitrogen and oxygen atoms in total. The summed E-state index contributed by atoms with van der Waals surface area (Å²) in [5.74, 6) is 1.06. The highest BCUT2D eigenvalue weighted by Gasteiger charge is 2.16. The molecular formula is C17H16FN3O2S2. The van der Waals surface area contributed by atoms with Crippen LogP contribution in [0.3, 0.4) is 0 Å². The largest absolute Gasteiger partial charge is 0.270 e. The zero-order valence-corrected chi connectivity index (χ0v) is 15.3. The molecule has 0 bridgehead atoms. The normalized spacial score (nSPS) is 11.6. The molecule has 0 N–H and O–H groups in total. The lowest BCUT2D eigenvalue weighted by Gasteiger charge is -2.10. The smallest absolute Gasteiger partial charge is 0.196 e. The lowest BCUT2D eigenvalue weighted by atomic mass is 10.2. The van der Waals surface area contributed by atoms with Crippen LogP contribution in [-0.4, -0.2) is 35.2 Å². The first-order chi connectivity index (χ1) is 11.9. The standard InChI is InChI=1S/C17H16FN3O2S2/c1-3-24-17-20-19-16(12-4-6-13(18)7-5-12)21(17)14-8-10-15(11-9-14)25(2,22)23/h4-11H,3H2,1-2H3. The molecule has 3 rings (SSSR count). The van der Waals surface area contributed by atoms with Crippen LogP contribution in [0.4, 0.5) is 4.39 Å². The summed E-state index contributed by atoms with van der Waals surface area (Å²) in [6.45, 7) is 2.01. The first-order valence-corrected chi connectivity index (χ1v) is 10.4. The third-order valence-electron chi connectivity index (χ3n) is 3.53. The molecule has 1 aromatic heterocycles. The molecule has 0 saturated heterocycles. The second kappa shape index (κ2) is 6.97. The van der Waals surface area contributed by atoms with Crippen molar-refractivity contribution >= 4 is 21.6 Å². The van der Waals surface area contributed by atoms with Crippen molar-refractivity contribution in [2.24, 2.45) is 0 Å². The fraction of sp³-hybridized carbons (Fsp3) is 0.176. The van der Waals surface area contributed by atoms with Crippen molar-refractivity contribution in [1.82, 2.24) is 14.8 Å². The molecule has 0 saturated carbocycles. The molecule has 0 atom stereocenters. The second-order valence-electron chi connectivity index (χ2n) is 5.35. The molecule has 2 aromatic carbocycles. The molecule has 0 aliphatic rings. The lowest BCUT2D eigenvalue weighted by Crippen LogP contribution is -2.02. The third kappa shape index (κ3) is 3.74. The van der Waals surface area contributed by atoms with E-state index in [2.05, 4.69) is 10.2 Å². The number of rotatable bonds is 5. The number of benzene rings is 2. The number of nitrogens with zero attached hydrogens (tertiary/aromatic N) is 3. The maximum Gasteiger partial charge on any atom is 0.196 e. The predicted molar refractivity (Wildman–Crippen MR) is 96.3 cm³/mol. The van der Waals surface area contributed by atoms with Gasteiger partial charge in [0.25, 0.3) is 0 Å². The Balaban J connectivity index is 2.13. The molecule has 1 heterocycles. The predicted octanol–water partition coefficient (Wildman–Crippen LogP) is 3.59. The third-order valence-corrected chi connectivity index (χ3v) is 5.47. The molecule has 0 fully saturated rings. The van der Waals surface area contributed by atoms with Crippen molar-refractivity contribution in [3.8, 4) is 17.1 Å². The van der Waals surface area contributed by atoms with Gasteiger partial charge in [-0.15, -0.1) is 10.2 Å². The number of aromatic nitrogens is 3. The molecule has 3 aromatic rings. The van der Waals surface area contributed by atoms with E-state index in [9.17, 15) is 12.8 Å². The van der Waals surface area contributed by atoms with Crippen LogP contribution in [0.2, 0.25) is 0 Å². The van der Waals surface area contributed by atoms with Crippen LogP contribution in [0.25, 0.3) is 17.1 Å². The average Bonchev–Trinajstić information content (AvgIpc) is 2.99. The highest BCUT2D eigenvalue weighted by Crippen LogP contribution is 2.28. The lowest BCUT2D eigenvalue weighted by molar-refractivity contribution is 0.602. The summed E-state index contributed by atoms with van der Waals surface area (Å²) in [7, 11) is -3.26. The van der Waals surface area contributed by atoms with Gasteiger partial charge < -0.3 is 0 Å². The van der Waals surface area contributed by atoms with Crippen LogP contribution in [0.15, 0.2) is 58.6 Å². The minimum Gasteiger partial charge on any atom is -0.270 e. The van der Waals surface area contributed by atoms with Gasteiger partial charge in [0, 0.05) is 17.5 Å². The second-order valence-corrected chi connectivity index (χ2v) is 8.59. The molecule has 25 heavy (non-hydrogen) atoms. The van der Waals surface area contributed by atoms with Crippen LogP contribution in [-0.2, 0) is 9.84 Å². The van der Waals surface area contributed by atoms with Crippen LogP contribution >= 0.6 is 11.8 Å². The van der Waals surface area contributed by atoms with E-state index in [4.69, 9.17) is 0 Å². The van der Waals surface area contributed by atoms with Crippen LogP contribution < -0.4 is 0 Å². The quantitative estimate of drug-likeness (QED) is 0.636. The molecular weight excluding hydrogens is 361 g/mol. The van der Waals surface area contributed by atoms with Crippen LogP contribution in [0.5, 0.6) is 0 Å². The zero-order chi connectivity index (χ0) is 18.0. The summed E-state index contributed by atoms with van der Waals surface area (Å²) < 4.78 is 38.3. The van der Waals surface area contributed by atoms with E-state index in [1.165, 1.54) is 30.2 Å². The number of thioether (sulfide) groups is 1. The minimum atomic E-state index is -3.26. The molecule has 8 heteroatoms. The molecule has 0 amide bonds. The van der Waals surface area contributed by atoms with Gasteiger partial charge in [-0.3, -0.25) is 4.57 Å². The van der Waals surface area contributed by atoms with E-state index in [1.807, 2.05) is 11.5 Å². The fourth-order valence-electron chi connectivity index (χ4n) is 2.35. The Kier molecular flexibility index (Phi) is 4.91. The van der Waals surface area contributed by atoms with E-state index in [-0.39, 0.29) is 10.7 Å². The van der Waals surface area contributed by atoms with Gasteiger partial charge in [0.2, 0.25) is 0 Å². The zero-order valence-electron chi connectivity index (χ0n) is 13.7. The van der Waals surface area contributed by atoms with Crippen molar-refractivity contribution in [2.75, 3.05) is 12.0 Å². The van der Waals surface area contributed by atoms with Crippen molar-refractivity contribution in [2.45, 2.75) is 17.0 Å². The summed E-state index contributed by atoms with van der Waals surface area (Å²) in [4.78, 5) is 0.248. The Hall–Kier alpha value is -2.19. The molecule has 130 valence electrons. The Morgan fingerprint density at radius 1 is 1.04 bits per heavy atom. The maximum absolute atomic E-state index is 13.2. The number of sulfone groups is 1. The van der Waals surface area contributed by atoms with Crippen molar-refractivity contribution in [3.05, 3.63) is 54.3 Å². The van der Waals surface area contributed by atoms with Gasteiger partial charge in [0.15, 0.2) is 20.8 Å². The summed E-state index contributed by atoms with van der Waals surface area (Å²) in [5, 5.41) is 9.14. The molecule has 0 spiro atoms. The average molecular weight is 377 g/mol. The van der Waals surface area contributed by atoms with Crippen molar-refractivity contribution in [1.29, 1.82) is 0 Å². The van der Waals surface area contributed by atoms with Gasteiger partial charge in [-0.1, -0.05) is 18.7 Å². The topological polar surface area (TPSA) is 64.8 Å². The number of hydrogen-bond acceptors (Lipinski definition) is 5. The van der Waals surface area contributed by atoms with Crippen molar-refractivity contribution < 1.29 is 12.8 Å². The Bertz CT molecular complexity index is 982. The summed E-state index contributed by atoms with van der Waals surface area (Å²) in [5.41, 5.74) is 1.47. The van der Waals surface area contributed by atoms with E-state index in [1.54, 1.807) is 36.4 Å².